The summed E-state index contributed by atoms with van der Waals surface area (Å²) >= 11 is 12.3. The van der Waals surface area contributed by atoms with Crippen molar-refractivity contribution in [1.82, 2.24) is 15.3 Å². The number of aromatic nitrogens is 2. The molecule has 0 saturated heterocycles. The number of nitrogens with zero attached hydrogens (tertiary/aromatic N) is 1. The van der Waals surface area contributed by atoms with Gasteiger partial charge in [0, 0.05) is 37.3 Å². The fourth-order valence-corrected chi connectivity index (χ4v) is 3.22. The molecule has 2 unspecified atom stereocenters. The van der Waals surface area contributed by atoms with Crippen LogP contribution in [0.15, 0.2) is 48.8 Å². The first-order chi connectivity index (χ1) is 15.1. The monoisotopic (exact) mass is 435 g/mol. The number of benzene rings is 1. The van der Waals surface area contributed by atoms with Gasteiger partial charge in [-0.2, -0.15) is 0 Å². The summed E-state index contributed by atoms with van der Waals surface area (Å²) < 4.78 is 23.0. The molecule has 0 saturated carbocycles. The zero-order chi connectivity index (χ0) is 23.5. The molecule has 3 aromatic rings. The van der Waals surface area contributed by atoms with E-state index in [0.717, 1.165) is 0 Å². The lowest BCUT2D eigenvalue weighted by atomic mass is 10.1. The number of pyridine rings is 1. The van der Waals surface area contributed by atoms with Gasteiger partial charge < -0.3 is 20.7 Å². The van der Waals surface area contributed by atoms with E-state index in [-0.39, 0.29) is 18.1 Å². The van der Waals surface area contributed by atoms with Crippen LogP contribution in [0.3, 0.4) is 0 Å². The maximum atomic E-state index is 12.7. The summed E-state index contributed by atoms with van der Waals surface area (Å²) in [7, 11) is 0. The van der Waals surface area contributed by atoms with Crippen molar-refractivity contribution < 1.29 is 14.0 Å². The van der Waals surface area contributed by atoms with Crippen molar-refractivity contribution in [2.24, 2.45) is 0 Å². The van der Waals surface area contributed by atoms with Crippen LogP contribution in [0.4, 0.5) is 5.82 Å². The van der Waals surface area contributed by atoms with Crippen LogP contribution in [0.5, 0.6) is 0 Å². The Hall–Kier alpha value is -2.54. The van der Waals surface area contributed by atoms with E-state index in [9.17, 15) is 9.90 Å². The van der Waals surface area contributed by atoms with Crippen LogP contribution < -0.4 is 10.6 Å². The number of anilines is 1. The molecule has 3 rings (SSSR count). The minimum Gasteiger partial charge on any atom is -0.394 e. The van der Waals surface area contributed by atoms with Gasteiger partial charge in [-0.15, -0.1) is 0 Å². The number of halogens is 2. The molecule has 4 N–H and O–H groups in total. The maximum Gasteiger partial charge on any atom is 0.268 e. The van der Waals surface area contributed by atoms with Gasteiger partial charge >= 0.3 is 0 Å². The number of carbonyl (C=O) groups is 1. The zero-order valence-corrected chi connectivity index (χ0v) is 17.1. The molecule has 0 fully saturated rings. The van der Waals surface area contributed by atoms with E-state index < -0.39 is 24.8 Å². The molecular weight excluding hydrogens is 411 g/mol. The Kier molecular flexibility index (Phi) is 5.56. The lowest BCUT2D eigenvalue weighted by Gasteiger charge is -2.16. The standard InChI is InChI=1S/C21H22Cl2N4O2/c1-12(2)26-20-8-16(17(23)10-25-20)14-7-18(24-9-14)21(29)27-19(11-28)13-4-3-5-15(22)6-13/h3-10,12,19,24,28H,11H2,1-2H3,(H,25,26)(H,27,29)/i1D2,12D. The third-order valence-electron chi connectivity index (χ3n) is 4.16. The number of hydrogen-bond acceptors (Lipinski definition) is 4. The Bertz CT molecular complexity index is 1110. The second-order valence-electron chi connectivity index (χ2n) is 6.42. The number of nitrogens with one attached hydrogen (secondary N) is 3. The number of aromatic amines is 1. The van der Waals surface area contributed by atoms with Crippen molar-refractivity contribution in [2.75, 3.05) is 11.9 Å². The molecule has 6 nitrogen and oxygen atoms in total. The third kappa shape index (κ3) is 5.29. The number of aliphatic hydroxyl groups is 1. The van der Waals surface area contributed by atoms with Gasteiger partial charge in [-0.25, -0.2) is 4.98 Å². The highest BCUT2D eigenvalue weighted by atomic mass is 35.5. The van der Waals surface area contributed by atoms with Gasteiger partial charge in [0.15, 0.2) is 0 Å². The molecular formula is C21H22Cl2N4O2. The molecule has 0 bridgehead atoms. The molecule has 1 amide bonds. The summed E-state index contributed by atoms with van der Waals surface area (Å²) in [5.41, 5.74) is 2.09. The number of H-pyrrole nitrogens is 1. The summed E-state index contributed by atoms with van der Waals surface area (Å²) in [6.45, 7) is -0.335. The molecule has 152 valence electrons. The Balaban J connectivity index is 1.80. The summed E-state index contributed by atoms with van der Waals surface area (Å²) in [5.74, 6) is -0.149. The normalized spacial score (nSPS) is 15.7. The molecule has 2 aromatic heterocycles. The number of rotatable bonds is 7. The maximum absolute atomic E-state index is 12.7. The van der Waals surface area contributed by atoms with Crippen molar-refractivity contribution in [3.05, 3.63) is 70.1 Å². The fraction of sp³-hybridized carbons (Fsp3) is 0.238. The van der Waals surface area contributed by atoms with Crippen LogP contribution in [0.2, 0.25) is 10.0 Å². The predicted octanol–water partition coefficient (Wildman–Crippen LogP) is 4.67. The van der Waals surface area contributed by atoms with E-state index in [2.05, 4.69) is 20.6 Å². The quantitative estimate of drug-likeness (QED) is 0.434. The van der Waals surface area contributed by atoms with Crippen LogP contribution in [0.1, 0.15) is 40.0 Å². The summed E-state index contributed by atoms with van der Waals surface area (Å²) in [6, 6.07) is 7.87. The minimum absolute atomic E-state index is 0.255. The molecule has 0 aliphatic carbocycles. The Morgan fingerprint density at radius 2 is 2.21 bits per heavy atom. The highest BCUT2D eigenvalue weighted by Gasteiger charge is 2.18. The van der Waals surface area contributed by atoms with Gasteiger partial charge in [0.1, 0.15) is 11.5 Å². The summed E-state index contributed by atoms with van der Waals surface area (Å²) in [5, 5.41) is 16.0. The van der Waals surface area contributed by atoms with E-state index in [4.69, 9.17) is 27.3 Å². The molecule has 0 radical (unpaired) electrons. The average molecular weight is 436 g/mol. The molecule has 29 heavy (non-hydrogen) atoms. The Morgan fingerprint density at radius 3 is 2.93 bits per heavy atom. The molecule has 8 heteroatoms. The Morgan fingerprint density at radius 1 is 1.38 bits per heavy atom. The van der Waals surface area contributed by atoms with E-state index in [0.29, 0.717) is 26.7 Å². The van der Waals surface area contributed by atoms with Gasteiger partial charge in [-0.1, -0.05) is 35.3 Å². The van der Waals surface area contributed by atoms with E-state index >= 15 is 0 Å². The van der Waals surface area contributed by atoms with Gasteiger partial charge in [0.05, 0.1) is 19.0 Å². The lowest BCUT2D eigenvalue weighted by Crippen LogP contribution is -2.31. The van der Waals surface area contributed by atoms with Crippen molar-refractivity contribution in [3.8, 4) is 11.1 Å². The third-order valence-corrected chi connectivity index (χ3v) is 4.69. The minimum atomic E-state index is -1.57. The molecule has 1 aromatic carbocycles. The first-order valence-corrected chi connectivity index (χ1v) is 9.50. The van der Waals surface area contributed by atoms with Gasteiger partial charge in [-0.05, 0) is 43.6 Å². The van der Waals surface area contributed by atoms with E-state index in [1.807, 2.05) is 0 Å². The van der Waals surface area contributed by atoms with Crippen molar-refractivity contribution >= 4 is 34.9 Å². The van der Waals surface area contributed by atoms with E-state index in [1.165, 1.54) is 13.1 Å². The second-order valence-corrected chi connectivity index (χ2v) is 7.27. The fourth-order valence-electron chi connectivity index (χ4n) is 2.80. The van der Waals surface area contributed by atoms with E-state index in [1.54, 1.807) is 42.6 Å². The van der Waals surface area contributed by atoms with Crippen LogP contribution in [-0.2, 0) is 0 Å². The highest BCUT2D eigenvalue weighted by Crippen LogP contribution is 2.30. The summed E-state index contributed by atoms with van der Waals surface area (Å²) in [4.78, 5) is 19.7. The smallest absolute Gasteiger partial charge is 0.268 e. The first kappa shape index (κ1) is 17.3. The molecule has 0 spiro atoms. The topological polar surface area (TPSA) is 90.0 Å². The van der Waals surface area contributed by atoms with Crippen LogP contribution in [-0.4, -0.2) is 33.6 Å². The average Bonchev–Trinajstić information content (AvgIpc) is 3.23. The van der Waals surface area contributed by atoms with Crippen LogP contribution in [0.25, 0.3) is 11.1 Å². The largest absolute Gasteiger partial charge is 0.394 e. The molecule has 2 atom stereocenters. The number of hydrogen-bond donors (Lipinski definition) is 4. The number of amides is 1. The van der Waals surface area contributed by atoms with Crippen molar-refractivity contribution in [1.29, 1.82) is 0 Å². The van der Waals surface area contributed by atoms with Crippen molar-refractivity contribution in [2.45, 2.75) is 25.9 Å². The second kappa shape index (κ2) is 9.31. The van der Waals surface area contributed by atoms with Gasteiger partial charge in [-0.3, -0.25) is 4.79 Å². The first-order valence-electron chi connectivity index (χ1n) is 10.4. The summed E-state index contributed by atoms with van der Waals surface area (Å²) in [6.07, 6.45) is 3.00. The highest BCUT2D eigenvalue weighted by molar-refractivity contribution is 6.33. The van der Waals surface area contributed by atoms with Crippen molar-refractivity contribution in [3.63, 3.8) is 0 Å². The lowest BCUT2D eigenvalue weighted by molar-refractivity contribution is 0.0912. The zero-order valence-electron chi connectivity index (χ0n) is 18.5. The van der Waals surface area contributed by atoms with Crippen LogP contribution in [0, 0.1) is 0 Å². The number of aliphatic hydroxyl groups excluding tert-OH is 1. The van der Waals surface area contributed by atoms with Gasteiger partial charge in [0.25, 0.3) is 5.91 Å². The van der Waals surface area contributed by atoms with Crippen LogP contribution >= 0.6 is 23.2 Å². The Labute approximate surface area is 183 Å². The molecule has 0 aliphatic heterocycles. The predicted molar refractivity (Wildman–Crippen MR) is 117 cm³/mol. The molecule has 0 aliphatic rings. The molecule has 2 heterocycles. The van der Waals surface area contributed by atoms with Gasteiger partial charge in [0.2, 0.25) is 0 Å². The SMILES string of the molecule is [2H]C([2H])C([2H])(C)Nc1cc(-c2c[nH]c(C(=O)NC(CO)c3cccc(Cl)c3)c2)c(Cl)cn1. The number of carbonyl (C=O) groups excluding carboxylic acids is 1.